The molecule has 3 aliphatic rings. The average Bonchev–Trinajstić information content (AvgIpc) is 3.42. The van der Waals surface area contributed by atoms with Crippen molar-refractivity contribution in [3.05, 3.63) is 70.2 Å². The molecule has 2 atom stereocenters. The van der Waals surface area contributed by atoms with Crippen molar-refractivity contribution in [1.29, 1.82) is 0 Å². The summed E-state index contributed by atoms with van der Waals surface area (Å²) in [7, 11) is 0. The number of imidazole rings is 1. The van der Waals surface area contributed by atoms with Crippen molar-refractivity contribution in [1.82, 2.24) is 19.0 Å². The number of aryl methyl sites for hydroxylation is 1. The van der Waals surface area contributed by atoms with Crippen LogP contribution >= 0.6 is 0 Å². The summed E-state index contributed by atoms with van der Waals surface area (Å²) in [5.41, 5.74) is 0.678. The number of benzene rings is 1. The number of fused-ring (bicyclic) bond motifs is 4. The molecule has 0 bridgehead atoms. The van der Waals surface area contributed by atoms with Crippen molar-refractivity contribution in [2.75, 3.05) is 13.1 Å². The van der Waals surface area contributed by atoms with Crippen molar-refractivity contribution in [3.63, 3.8) is 0 Å². The van der Waals surface area contributed by atoms with Gasteiger partial charge in [-0.25, -0.2) is 4.98 Å². The number of ether oxygens (including phenoxy) is 2. The number of amides is 1. The summed E-state index contributed by atoms with van der Waals surface area (Å²) >= 11 is 0. The van der Waals surface area contributed by atoms with Crippen LogP contribution < -0.4 is 15.0 Å². The first-order chi connectivity index (χ1) is 17.4. The third-order valence-corrected chi connectivity index (χ3v) is 7.73. The Kier molecular flexibility index (Phi) is 4.87. The highest BCUT2D eigenvalue weighted by Crippen LogP contribution is 2.65. The van der Waals surface area contributed by atoms with E-state index in [1.165, 1.54) is 22.8 Å². The van der Waals surface area contributed by atoms with Crippen LogP contribution in [-0.4, -0.2) is 50.0 Å². The van der Waals surface area contributed by atoms with Gasteiger partial charge < -0.3 is 23.5 Å². The molecule has 1 aliphatic carbocycles. The predicted molar refractivity (Wildman–Crippen MR) is 126 cm³/mol. The van der Waals surface area contributed by atoms with Gasteiger partial charge in [0.1, 0.15) is 28.5 Å². The Morgan fingerprint density at radius 2 is 1.95 bits per heavy atom. The Morgan fingerprint density at radius 3 is 2.65 bits per heavy atom. The molecule has 4 heterocycles. The van der Waals surface area contributed by atoms with Crippen LogP contribution in [0.5, 0.6) is 11.5 Å². The number of halogens is 3. The second kappa shape index (κ2) is 7.62. The maximum atomic E-state index is 13.5. The Balaban J connectivity index is 1.33. The standard InChI is InChI=1S/C26H25F3N4O4/c1-15-12-32(14-30-15)18-5-6-19-22(34)31(8-9-33(19)23(18)35)13-25-11-21(25)24(2,3)37-20-7-4-16(10-17(20)25)36-26(27,28)29/h4-7,10,12,14,21H,8-9,11,13H2,1-3H3/t21-,25?/m1/s1. The molecular weight excluding hydrogens is 489 g/mol. The van der Waals surface area contributed by atoms with Gasteiger partial charge in [0.25, 0.3) is 11.5 Å². The topological polar surface area (TPSA) is 78.6 Å². The summed E-state index contributed by atoms with van der Waals surface area (Å²) in [6.45, 7) is 6.66. The van der Waals surface area contributed by atoms with Crippen LogP contribution in [0.15, 0.2) is 47.7 Å². The van der Waals surface area contributed by atoms with Crippen LogP contribution in [0, 0.1) is 12.8 Å². The van der Waals surface area contributed by atoms with E-state index in [1.807, 2.05) is 20.8 Å². The third-order valence-electron chi connectivity index (χ3n) is 7.73. The maximum Gasteiger partial charge on any atom is 0.573 e. The molecule has 1 unspecified atom stereocenters. The van der Waals surface area contributed by atoms with Crippen molar-refractivity contribution >= 4 is 5.91 Å². The zero-order valence-corrected chi connectivity index (χ0v) is 20.5. The van der Waals surface area contributed by atoms with E-state index in [9.17, 15) is 22.8 Å². The first-order valence-corrected chi connectivity index (χ1v) is 12.0. The van der Waals surface area contributed by atoms with E-state index in [2.05, 4.69) is 9.72 Å². The normalized spacial score (nSPS) is 23.6. The third kappa shape index (κ3) is 3.79. The molecule has 1 fully saturated rings. The molecule has 194 valence electrons. The smallest absolute Gasteiger partial charge is 0.487 e. The number of alkyl halides is 3. The fourth-order valence-corrected chi connectivity index (χ4v) is 6.01. The van der Waals surface area contributed by atoms with Gasteiger partial charge >= 0.3 is 6.36 Å². The summed E-state index contributed by atoms with van der Waals surface area (Å²) < 4.78 is 52.1. The minimum Gasteiger partial charge on any atom is -0.487 e. The van der Waals surface area contributed by atoms with Crippen molar-refractivity contribution in [2.45, 2.75) is 51.1 Å². The van der Waals surface area contributed by atoms with E-state index in [-0.39, 0.29) is 28.8 Å². The van der Waals surface area contributed by atoms with Gasteiger partial charge in [-0.3, -0.25) is 9.59 Å². The van der Waals surface area contributed by atoms with Gasteiger partial charge in [-0.05, 0) is 57.5 Å². The first-order valence-electron chi connectivity index (χ1n) is 12.0. The summed E-state index contributed by atoms with van der Waals surface area (Å²) in [5, 5.41) is 0. The Hall–Kier alpha value is -3.76. The SMILES string of the molecule is Cc1cn(-c2ccc3n(c2=O)CCN(CC24C[C@@H]2C(C)(C)Oc2ccc(OC(F)(F)F)cc24)C3=O)cn1. The molecule has 8 nitrogen and oxygen atoms in total. The molecule has 0 saturated heterocycles. The lowest BCUT2D eigenvalue weighted by molar-refractivity contribution is -0.274. The predicted octanol–water partition coefficient (Wildman–Crippen LogP) is 3.83. The van der Waals surface area contributed by atoms with Crippen molar-refractivity contribution in [3.8, 4) is 17.2 Å². The van der Waals surface area contributed by atoms with Gasteiger partial charge in [-0.15, -0.1) is 13.2 Å². The lowest BCUT2D eigenvalue weighted by Gasteiger charge is -2.40. The van der Waals surface area contributed by atoms with Crippen LogP contribution in [0.4, 0.5) is 13.2 Å². The fourth-order valence-electron chi connectivity index (χ4n) is 6.01. The minimum absolute atomic E-state index is 0.0115. The molecule has 1 amide bonds. The summed E-state index contributed by atoms with van der Waals surface area (Å²) in [5.74, 6) is -0.0963. The van der Waals surface area contributed by atoms with Crippen molar-refractivity contribution in [2.24, 2.45) is 5.92 Å². The molecule has 0 spiro atoms. The molecule has 0 radical (unpaired) electrons. The summed E-state index contributed by atoms with van der Waals surface area (Å²) in [6.07, 6.45) is -0.844. The highest BCUT2D eigenvalue weighted by atomic mass is 19.4. The van der Waals surface area contributed by atoms with Crippen LogP contribution in [0.2, 0.25) is 0 Å². The molecule has 6 rings (SSSR count). The zero-order valence-electron chi connectivity index (χ0n) is 20.5. The molecule has 2 aliphatic heterocycles. The van der Waals surface area contributed by atoms with E-state index >= 15 is 0 Å². The Morgan fingerprint density at radius 1 is 1.16 bits per heavy atom. The lowest BCUT2D eigenvalue weighted by atomic mass is 9.83. The molecule has 0 N–H and O–H groups in total. The number of pyridine rings is 1. The number of hydrogen-bond donors (Lipinski definition) is 0. The van der Waals surface area contributed by atoms with E-state index in [4.69, 9.17) is 4.74 Å². The van der Waals surface area contributed by atoms with E-state index < -0.39 is 17.4 Å². The molecule has 2 aromatic heterocycles. The molecule has 3 aromatic rings. The Labute approximate surface area is 210 Å². The van der Waals surface area contributed by atoms with Gasteiger partial charge in [0, 0.05) is 42.7 Å². The average molecular weight is 515 g/mol. The van der Waals surface area contributed by atoms with Gasteiger partial charge in [0.15, 0.2) is 0 Å². The van der Waals surface area contributed by atoms with Crippen LogP contribution in [0.3, 0.4) is 0 Å². The molecule has 1 saturated carbocycles. The van der Waals surface area contributed by atoms with Gasteiger partial charge in [-0.1, -0.05) is 0 Å². The molecule has 11 heteroatoms. The highest BCUT2D eigenvalue weighted by Gasteiger charge is 2.67. The van der Waals surface area contributed by atoms with Gasteiger partial charge in [0.2, 0.25) is 0 Å². The van der Waals surface area contributed by atoms with E-state index in [0.29, 0.717) is 43.1 Å². The lowest BCUT2D eigenvalue weighted by Crippen LogP contribution is -2.50. The van der Waals surface area contributed by atoms with Crippen LogP contribution in [-0.2, 0) is 12.0 Å². The minimum atomic E-state index is -4.81. The Bertz CT molecular complexity index is 1490. The monoisotopic (exact) mass is 514 g/mol. The molecular formula is C26H25F3N4O4. The van der Waals surface area contributed by atoms with Crippen molar-refractivity contribution < 1.29 is 27.4 Å². The summed E-state index contributed by atoms with van der Waals surface area (Å²) in [6, 6.07) is 7.38. The number of carbonyl (C=O) groups excluding carboxylic acids is 1. The van der Waals surface area contributed by atoms with E-state index in [1.54, 1.807) is 34.1 Å². The van der Waals surface area contributed by atoms with E-state index in [0.717, 1.165) is 5.69 Å². The number of rotatable bonds is 4. The molecule has 1 aromatic carbocycles. The second-order valence-corrected chi connectivity index (χ2v) is 10.5. The highest BCUT2D eigenvalue weighted by molar-refractivity contribution is 5.93. The zero-order chi connectivity index (χ0) is 26.3. The number of carbonyl (C=O) groups is 1. The summed E-state index contributed by atoms with van der Waals surface area (Å²) in [4.78, 5) is 32.5. The van der Waals surface area contributed by atoms with Gasteiger partial charge in [-0.2, -0.15) is 0 Å². The largest absolute Gasteiger partial charge is 0.573 e. The van der Waals surface area contributed by atoms with Crippen LogP contribution in [0.1, 0.15) is 42.0 Å². The second-order valence-electron chi connectivity index (χ2n) is 10.5. The quantitative estimate of drug-likeness (QED) is 0.529. The van der Waals surface area contributed by atoms with Crippen LogP contribution in [0.25, 0.3) is 5.69 Å². The fraction of sp³-hybridized carbons (Fsp3) is 0.423. The number of nitrogens with zero attached hydrogens (tertiary/aromatic N) is 4. The molecule has 37 heavy (non-hydrogen) atoms. The number of aromatic nitrogens is 3. The first kappa shape index (κ1) is 23.6. The van der Waals surface area contributed by atoms with Gasteiger partial charge in [0.05, 0.1) is 12.0 Å². The number of hydrogen-bond acceptors (Lipinski definition) is 5. The maximum absolute atomic E-state index is 13.5.